The van der Waals surface area contributed by atoms with Gasteiger partial charge in [-0.2, -0.15) is 0 Å². The molecule has 0 saturated carbocycles. The zero-order valence-electron chi connectivity index (χ0n) is 11.9. The molecule has 2 aromatic rings. The van der Waals surface area contributed by atoms with Gasteiger partial charge in [-0.05, 0) is 56.5 Å². The molecule has 0 radical (unpaired) electrons. The van der Waals surface area contributed by atoms with Gasteiger partial charge in [-0.25, -0.2) is 4.98 Å². The third-order valence-electron chi connectivity index (χ3n) is 3.40. The Morgan fingerprint density at radius 3 is 2.53 bits per heavy atom. The van der Waals surface area contributed by atoms with Crippen LogP contribution in [0.4, 0.5) is 0 Å². The highest BCUT2D eigenvalue weighted by Crippen LogP contribution is 2.29. The third-order valence-corrected chi connectivity index (χ3v) is 3.40. The number of nitrogens with two attached hydrogens (primary N) is 1. The summed E-state index contributed by atoms with van der Waals surface area (Å²) in [4.78, 5) is 4.47. The fraction of sp³-hybridized carbons (Fsp3) is 0.312. The van der Waals surface area contributed by atoms with E-state index in [-0.39, 0.29) is 0 Å². The van der Waals surface area contributed by atoms with E-state index >= 15 is 0 Å². The van der Waals surface area contributed by atoms with Gasteiger partial charge in [-0.1, -0.05) is 12.1 Å². The number of aryl methyl sites for hydroxylation is 3. The minimum atomic E-state index is 0.430. The maximum atomic E-state index is 5.98. The molecule has 1 aromatic carbocycles. The fourth-order valence-corrected chi connectivity index (χ4v) is 2.10. The normalized spacial score (nSPS) is 10.6. The van der Waals surface area contributed by atoms with Crippen molar-refractivity contribution < 1.29 is 4.74 Å². The smallest absolute Gasteiger partial charge is 0.224 e. The van der Waals surface area contributed by atoms with Crippen molar-refractivity contribution in [2.45, 2.75) is 34.2 Å². The lowest BCUT2D eigenvalue weighted by Crippen LogP contribution is -2.05. The molecule has 1 aromatic heterocycles. The Morgan fingerprint density at radius 2 is 1.84 bits per heavy atom. The Balaban J connectivity index is 2.46. The average molecular weight is 256 g/mol. The number of hydrogen-bond acceptors (Lipinski definition) is 3. The number of pyridine rings is 1. The molecule has 0 aliphatic rings. The predicted molar refractivity (Wildman–Crippen MR) is 77.6 cm³/mol. The second-order valence-corrected chi connectivity index (χ2v) is 4.87. The van der Waals surface area contributed by atoms with Crippen LogP contribution in [0.1, 0.15) is 27.9 Å². The van der Waals surface area contributed by atoms with Gasteiger partial charge in [0.15, 0.2) is 0 Å². The van der Waals surface area contributed by atoms with Crippen LogP contribution in [0.25, 0.3) is 0 Å². The Morgan fingerprint density at radius 1 is 1.11 bits per heavy atom. The van der Waals surface area contributed by atoms with Crippen molar-refractivity contribution in [1.82, 2.24) is 4.98 Å². The summed E-state index contributed by atoms with van der Waals surface area (Å²) in [6, 6.07) is 8.05. The molecule has 0 aliphatic heterocycles. The van der Waals surface area contributed by atoms with Crippen molar-refractivity contribution in [2.24, 2.45) is 5.73 Å². The fourth-order valence-electron chi connectivity index (χ4n) is 2.10. The summed E-state index contributed by atoms with van der Waals surface area (Å²) in [5.74, 6) is 1.46. The molecule has 100 valence electrons. The van der Waals surface area contributed by atoms with Crippen LogP contribution in [0.15, 0.2) is 24.3 Å². The molecule has 0 aliphatic carbocycles. The molecule has 0 atom stereocenters. The Hall–Kier alpha value is -1.87. The van der Waals surface area contributed by atoms with Crippen LogP contribution >= 0.6 is 0 Å². The van der Waals surface area contributed by atoms with Gasteiger partial charge in [-0.15, -0.1) is 0 Å². The van der Waals surface area contributed by atoms with Crippen LogP contribution in [0.2, 0.25) is 0 Å². The first-order valence-electron chi connectivity index (χ1n) is 6.44. The molecule has 3 heteroatoms. The molecule has 19 heavy (non-hydrogen) atoms. The van der Waals surface area contributed by atoms with Gasteiger partial charge < -0.3 is 10.5 Å². The molecule has 0 bridgehead atoms. The summed E-state index contributed by atoms with van der Waals surface area (Å²) in [6.07, 6.45) is 0. The first-order chi connectivity index (χ1) is 9.02. The summed E-state index contributed by atoms with van der Waals surface area (Å²) < 4.78 is 5.98. The number of ether oxygens (including phenoxy) is 1. The molecule has 2 N–H and O–H groups in total. The highest BCUT2D eigenvalue weighted by Gasteiger charge is 2.11. The van der Waals surface area contributed by atoms with E-state index in [4.69, 9.17) is 10.5 Å². The van der Waals surface area contributed by atoms with E-state index in [1.165, 1.54) is 5.56 Å². The highest BCUT2D eigenvalue weighted by molar-refractivity contribution is 5.43. The Kier molecular flexibility index (Phi) is 3.86. The van der Waals surface area contributed by atoms with E-state index in [1.54, 1.807) is 0 Å². The van der Waals surface area contributed by atoms with Crippen molar-refractivity contribution in [1.29, 1.82) is 0 Å². The molecule has 3 nitrogen and oxygen atoms in total. The van der Waals surface area contributed by atoms with Crippen LogP contribution in [0.5, 0.6) is 11.6 Å². The SMILES string of the molecule is Cc1cc(C)c(CN)c(Oc2cccc(C)c2C)n1. The van der Waals surface area contributed by atoms with Crippen molar-refractivity contribution in [3.8, 4) is 11.6 Å². The van der Waals surface area contributed by atoms with Crippen LogP contribution < -0.4 is 10.5 Å². The number of hydrogen-bond donors (Lipinski definition) is 1. The van der Waals surface area contributed by atoms with Crippen LogP contribution in [0, 0.1) is 27.7 Å². The maximum Gasteiger partial charge on any atom is 0.224 e. The summed E-state index contributed by atoms with van der Waals surface area (Å²) in [6.45, 7) is 8.55. The quantitative estimate of drug-likeness (QED) is 0.913. The van der Waals surface area contributed by atoms with Crippen molar-refractivity contribution in [3.63, 3.8) is 0 Å². The van der Waals surface area contributed by atoms with Gasteiger partial charge in [0.1, 0.15) is 5.75 Å². The van der Waals surface area contributed by atoms with Gasteiger partial charge in [-0.3, -0.25) is 0 Å². The Bertz CT molecular complexity index is 606. The maximum absolute atomic E-state index is 5.98. The molecule has 0 amide bonds. The zero-order chi connectivity index (χ0) is 14.0. The summed E-state index contributed by atoms with van der Waals surface area (Å²) in [5.41, 5.74) is 11.2. The van der Waals surface area contributed by atoms with E-state index in [0.717, 1.165) is 28.1 Å². The van der Waals surface area contributed by atoms with Crippen LogP contribution in [-0.4, -0.2) is 4.98 Å². The minimum Gasteiger partial charge on any atom is -0.438 e. The first kappa shape index (κ1) is 13.6. The predicted octanol–water partition coefficient (Wildman–Crippen LogP) is 3.57. The molecular formula is C16H20N2O. The van der Waals surface area contributed by atoms with Crippen molar-refractivity contribution >= 4 is 0 Å². The molecule has 0 spiro atoms. The minimum absolute atomic E-state index is 0.430. The largest absolute Gasteiger partial charge is 0.438 e. The summed E-state index contributed by atoms with van der Waals surface area (Å²) in [7, 11) is 0. The number of rotatable bonds is 3. The monoisotopic (exact) mass is 256 g/mol. The van der Waals surface area contributed by atoms with E-state index in [0.29, 0.717) is 12.4 Å². The average Bonchev–Trinajstić information content (AvgIpc) is 2.34. The Labute approximate surface area is 114 Å². The number of benzene rings is 1. The lowest BCUT2D eigenvalue weighted by Gasteiger charge is -2.14. The van der Waals surface area contributed by atoms with Crippen molar-refractivity contribution in [3.05, 3.63) is 52.2 Å². The first-order valence-corrected chi connectivity index (χ1v) is 6.44. The van der Waals surface area contributed by atoms with E-state index < -0.39 is 0 Å². The van der Waals surface area contributed by atoms with Gasteiger partial charge in [0, 0.05) is 17.8 Å². The van der Waals surface area contributed by atoms with E-state index in [2.05, 4.69) is 24.9 Å². The van der Waals surface area contributed by atoms with Crippen LogP contribution in [0.3, 0.4) is 0 Å². The molecule has 0 saturated heterocycles. The zero-order valence-corrected chi connectivity index (χ0v) is 11.9. The van der Waals surface area contributed by atoms with Gasteiger partial charge in [0.2, 0.25) is 5.88 Å². The molecular weight excluding hydrogens is 236 g/mol. The van der Waals surface area contributed by atoms with Crippen LogP contribution in [-0.2, 0) is 6.54 Å². The summed E-state index contributed by atoms with van der Waals surface area (Å²) >= 11 is 0. The molecule has 0 unspecified atom stereocenters. The van der Waals surface area contributed by atoms with Gasteiger partial charge >= 0.3 is 0 Å². The lowest BCUT2D eigenvalue weighted by atomic mass is 10.1. The van der Waals surface area contributed by atoms with Gasteiger partial charge in [0.05, 0.1) is 0 Å². The highest BCUT2D eigenvalue weighted by atomic mass is 16.5. The van der Waals surface area contributed by atoms with Crippen molar-refractivity contribution in [2.75, 3.05) is 0 Å². The van der Waals surface area contributed by atoms with E-state index in [1.807, 2.05) is 32.0 Å². The standard InChI is InChI=1S/C16H20N2O/c1-10-6-5-7-15(13(10)4)19-16-14(9-17)11(2)8-12(3)18-16/h5-8H,9,17H2,1-4H3. The molecule has 2 rings (SSSR count). The summed E-state index contributed by atoms with van der Waals surface area (Å²) in [5, 5.41) is 0. The second kappa shape index (κ2) is 5.41. The number of nitrogens with zero attached hydrogens (tertiary/aromatic N) is 1. The number of aromatic nitrogens is 1. The molecule has 0 fully saturated rings. The van der Waals surface area contributed by atoms with Gasteiger partial charge in [0.25, 0.3) is 0 Å². The topological polar surface area (TPSA) is 48.1 Å². The second-order valence-electron chi connectivity index (χ2n) is 4.87. The lowest BCUT2D eigenvalue weighted by molar-refractivity contribution is 0.450. The molecule has 1 heterocycles. The third kappa shape index (κ3) is 2.76. The van der Waals surface area contributed by atoms with E-state index in [9.17, 15) is 0 Å².